The molecular weight excluding hydrogens is 580 g/mol. The van der Waals surface area contributed by atoms with Crippen LogP contribution >= 0.6 is 0 Å². The lowest BCUT2D eigenvalue weighted by Gasteiger charge is -2.55. The van der Waals surface area contributed by atoms with E-state index in [2.05, 4.69) is 10.6 Å². The number of phenols is 1. The van der Waals surface area contributed by atoms with E-state index in [9.17, 15) is 48.9 Å². The molecule has 0 aromatic heterocycles. The molecule has 3 amide bonds. The van der Waals surface area contributed by atoms with Gasteiger partial charge in [0.05, 0.1) is 28.8 Å². The predicted molar refractivity (Wildman–Crippen MR) is 150 cm³/mol. The number of likely N-dealkylation sites (N-methyl/N-ethyl adjacent to an activating group) is 1. The minimum absolute atomic E-state index is 0.00363. The van der Waals surface area contributed by atoms with Gasteiger partial charge >= 0.3 is 12.0 Å². The topological polar surface area (TPSA) is 254 Å². The van der Waals surface area contributed by atoms with Gasteiger partial charge in [0, 0.05) is 24.8 Å². The minimum Gasteiger partial charge on any atom is -0.505 e. The van der Waals surface area contributed by atoms with Gasteiger partial charge in [0.15, 0.2) is 34.7 Å². The number of unbranched alkanes of at least 4 members (excludes halogenated alkanes) is 2. The number of carbonyl (C=O) groups is 7. The van der Waals surface area contributed by atoms with Gasteiger partial charge in [-0.2, -0.15) is 0 Å². The van der Waals surface area contributed by atoms with E-state index in [4.69, 9.17) is 10.8 Å². The first-order chi connectivity index (χ1) is 20.5. The number of urea groups is 1. The Morgan fingerprint density at radius 2 is 1.68 bits per heavy atom. The molecule has 7 atom stereocenters. The summed E-state index contributed by atoms with van der Waals surface area (Å²) >= 11 is 0. The molecule has 3 aliphatic carbocycles. The van der Waals surface area contributed by atoms with E-state index in [0.717, 1.165) is 0 Å². The normalized spacial score (nSPS) is 31.2. The summed E-state index contributed by atoms with van der Waals surface area (Å²) in [6, 6.07) is 0.502. The van der Waals surface area contributed by atoms with Crippen LogP contribution in [0.3, 0.4) is 0 Å². The summed E-state index contributed by atoms with van der Waals surface area (Å²) in [6.07, 6.45) is 1.14. The lowest BCUT2D eigenvalue weighted by atomic mass is 9.49. The lowest BCUT2D eigenvalue weighted by Crippen LogP contribution is -2.75. The van der Waals surface area contributed by atoms with Crippen molar-refractivity contribution in [3.8, 4) is 5.75 Å². The first-order valence-electron chi connectivity index (χ1n) is 14.2. The van der Waals surface area contributed by atoms with E-state index in [0.29, 0.717) is 19.3 Å². The predicted octanol–water partition coefficient (Wildman–Crippen LogP) is -0.701. The molecule has 238 valence electrons. The van der Waals surface area contributed by atoms with Crippen LogP contribution in [-0.2, 0) is 29.6 Å². The molecule has 0 aliphatic heterocycles. The molecular formula is C29H36N4O11. The van der Waals surface area contributed by atoms with E-state index in [1.165, 1.54) is 38.1 Å². The Kier molecular flexibility index (Phi) is 8.70. The number of primary amides is 1. The van der Waals surface area contributed by atoms with Gasteiger partial charge in [0.1, 0.15) is 5.75 Å². The van der Waals surface area contributed by atoms with Crippen molar-refractivity contribution in [2.75, 3.05) is 26.0 Å². The van der Waals surface area contributed by atoms with E-state index >= 15 is 0 Å². The van der Waals surface area contributed by atoms with Crippen LogP contribution < -0.4 is 16.4 Å². The molecule has 1 aromatic rings. The number of carbonyl (C=O) groups excluding carboxylic acids is 6. The number of nitrogens with one attached hydrogen (secondary N) is 2. The highest BCUT2D eigenvalue weighted by molar-refractivity contribution is 6.32. The minimum atomic E-state index is -2.96. The van der Waals surface area contributed by atoms with Gasteiger partial charge in [-0.25, -0.2) is 4.79 Å². The van der Waals surface area contributed by atoms with Crippen LogP contribution in [0.5, 0.6) is 5.75 Å². The summed E-state index contributed by atoms with van der Waals surface area (Å²) in [5.41, 5.74) is -0.401. The maximum atomic E-state index is 14.0. The first kappa shape index (κ1) is 32.7. The average Bonchev–Trinajstić information content (AvgIpc) is 2.91. The van der Waals surface area contributed by atoms with Gasteiger partial charge in [-0.1, -0.05) is 12.5 Å². The average molecular weight is 617 g/mol. The van der Waals surface area contributed by atoms with Crippen molar-refractivity contribution >= 4 is 46.7 Å². The molecule has 2 saturated carbocycles. The number of rotatable bonds is 9. The number of nitrogens with two attached hydrogens (primary N) is 1. The van der Waals surface area contributed by atoms with Crippen LogP contribution in [0, 0.1) is 23.7 Å². The Labute approximate surface area is 251 Å². The smallest absolute Gasteiger partial charge is 0.319 e. The van der Waals surface area contributed by atoms with Crippen LogP contribution in [0.1, 0.15) is 54.9 Å². The zero-order valence-corrected chi connectivity index (χ0v) is 24.5. The number of Topliss-reactive ketones (excluding diaryl/α,β-unsaturated/α-hetero) is 4. The maximum Gasteiger partial charge on any atom is 0.319 e. The Bertz CT molecular complexity index is 1450. The van der Waals surface area contributed by atoms with Crippen LogP contribution in [0.4, 0.5) is 10.5 Å². The number of fused-ring (bicyclic) bond motifs is 3. The summed E-state index contributed by atoms with van der Waals surface area (Å²) in [6.45, 7) is 1.50. The molecule has 0 heterocycles. The quantitative estimate of drug-likeness (QED) is 0.103. The molecule has 3 aliphatic rings. The summed E-state index contributed by atoms with van der Waals surface area (Å²) in [7, 11) is 2.91. The number of carboxylic acids is 1. The SMILES string of the molecule is CN(C)[C@@H]1C(=O)C(C(N)=O)C(=O)[C@@]2(O)C(=O)C3C(=O)c4c(ccc(NC(=O)NCCCCCC(=O)O)c4O)[C@@](C)(O)[C@H]3C[C@@H]12. The third-order valence-electron chi connectivity index (χ3n) is 9.12. The van der Waals surface area contributed by atoms with Crippen molar-refractivity contribution in [1.82, 2.24) is 10.2 Å². The summed E-state index contributed by atoms with van der Waals surface area (Å²) < 4.78 is 0. The van der Waals surface area contributed by atoms with Crippen LogP contribution in [0.25, 0.3) is 0 Å². The van der Waals surface area contributed by atoms with Crippen molar-refractivity contribution in [1.29, 1.82) is 0 Å². The van der Waals surface area contributed by atoms with Gasteiger partial charge in [-0.05, 0) is 51.9 Å². The van der Waals surface area contributed by atoms with Crippen molar-refractivity contribution in [2.24, 2.45) is 29.4 Å². The molecule has 0 bridgehead atoms. The van der Waals surface area contributed by atoms with Gasteiger partial charge in [0.25, 0.3) is 0 Å². The highest BCUT2D eigenvalue weighted by Crippen LogP contribution is 2.56. The fourth-order valence-corrected chi connectivity index (χ4v) is 6.97. The highest BCUT2D eigenvalue weighted by Gasteiger charge is 2.71. The molecule has 0 spiro atoms. The number of ketones is 4. The summed E-state index contributed by atoms with van der Waals surface area (Å²) in [5, 5.41) is 48.2. The molecule has 44 heavy (non-hydrogen) atoms. The number of aromatic hydroxyl groups is 1. The summed E-state index contributed by atoms with van der Waals surface area (Å²) in [5.74, 6) is -14.3. The number of nitrogens with zero attached hydrogens (tertiary/aromatic N) is 1. The molecule has 4 rings (SSSR count). The van der Waals surface area contributed by atoms with Crippen molar-refractivity contribution in [2.45, 2.75) is 56.3 Å². The lowest BCUT2D eigenvalue weighted by molar-refractivity contribution is -0.188. The number of hydrogen-bond donors (Lipinski definition) is 7. The van der Waals surface area contributed by atoms with E-state index in [1.54, 1.807) is 0 Å². The second-order valence-corrected chi connectivity index (χ2v) is 12.0. The number of aliphatic hydroxyl groups is 2. The number of benzene rings is 1. The standard InChI is InChI=1S/C29H36N4O11/c1-28(43)12-8-9-15(32-27(42)31-10-6-4-5-7-16(34)35)21(36)17(12)22(37)18-13(28)11-14-20(33(2)3)23(38)19(26(30)41)25(40)29(14,44)24(18)39/h8-9,13-14,18-20,36,43-44H,4-7,10-11H2,1-3H3,(H2,30,41)(H,34,35)(H2,31,32,42)/t13-,14-,18?,19?,20-,28+,29-/m0/s1. The largest absolute Gasteiger partial charge is 0.505 e. The fraction of sp³-hybridized carbons (Fsp3) is 0.552. The number of phenolic OH excluding ortho intramolecular Hbond substituents is 1. The molecule has 1 aromatic carbocycles. The van der Waals surface area contributed by atoms with E-state index in [1.807, 2.05) is 0 Å². The first-order valence-corrected chi connectivity index (χ1v) is 14.2. The van der Waals surface area contributed by atoms with E-state index < -0.39 is 93.3 Å². The van der Waals surface area contributed by atoms with Gasteiger partial charge in [0.2, 0.25) is 5.91 Å². The number of amides is 3. The number of hydrogen-bond acceptors (Lipinski definition) is 11. The second kappa shape index (κ2) is 11.7. The van der Waals surface area contributed by atoms with Crippen LogP contribution in [0.2, 0.25) is 0 Å². The zero-order chi connectivity index (χ0) is 32.9. The Balaban J connectivity index is 1.66. The monoisotopic (exact) mass is 616 g/mol. The Morgan fingerprint density at radius 3 is 2.27 bits per heavy atom. The number of anilines is 1. The Hall–Kier alpha value is -4.21. The highest BCUT2D eigenvalue weighted by atomic mass is 16.4. The molecule has 8 N–H and O–H groups in total. The van der Waals surface area contributed by atoms with Crippen molar-refractivity contribution in [3.05, 3.63) is 23.3 Å². The summed E-state index contributed by atoms with van der Waals surface area (Å²) in [4.78, 5) is 91.0. The number of aliphatic carboxylic acids is 1. The molecule has 15 heteroatoms. The van der Waals surface area contributed by atoms with Gasteiger partial charge in [-0.3, -0.25) is 33.7 Å². The fourth-order valence-electron chi connectivity index (χ4n) is 6.97. The Morgan fingerprint density at radius 1 is 1.02 bits per heavy atom. The molecule has 2 fully saturated rings. The van der Waals surface area contributed by atoms with Gasteiger partial charge in [-0.15, -0.1) is 0 Å². The molecule has 0 radical (unpaired) electrons. The van der Waals surface area contributed by atoms with Gasteiger partial charge < -0.3 is 36.8 Å². The third-order valence-corrected chi connectivity index (χ3v) is 9.12. The molecule has 15 nitrogen and oxygen atoms in total. The van der Waals surface area contributed by atoms with Crippen molar-refractivity contribution < 1.29 is 54.0 Å². The molecule has 0 saturated heterocycles. The number of carboxylic acid groups (broad SMARTS) is 1. The van der Waals surface area contributed by atoms with E-state index in [-0.39, 0.29) is 30.6 Å². The molecule has 2 unspecified atom stereocenters. The van der Waals surface area contributed by atoms with Crippen LogP contribution in [-0.4, -0.2) is 98.6 Å². The van der Waals surface area contributed by atoms with Crippen molar-refractivity contribution in [3.63, 3.8) is 0 Å². The third kappa shape index (κ3) is 5.14. The maximum absolute atomic E-state index is 14.0. The second-order valence-electron chi connectivity index (χ2n) is 12.0. The zero-order valence-electron chi connectivity index (χ0n) is 24.5. The van der Waals surface area contributed by atoms with Crippen LogP contribution in [0.15, 0.2) is 12.1 Å².